The van der Waals surface area contributed by atoms with Crippen LogP contribution in [-0.4, -0.2) is 17.7 Å². The Morgan fingerprint density at radius 3 is 2.24 bits per heavy atom. The Morgan fingerprint density at radius 2 is 1.82 bits per heavy atom. The summed E-state index contributed by atoms with van der Waals surface area (Å²) in [5.74, 6) is 0. The fraction of sp³-hybridized carbons (Fsp3) is 0.923. The molecule has 0 aliphatic carbocycles. The minimum absolute atomic E-state index is 0. The van der Waals surface area contributed by atoms with E-state index in [4.69, 9.17) is 4.74 Å². The molecular formula is C13H28ClNO2. The van der Waals surface area contributed by atoms with E-state index in [1.54, 1.807) is 0 Å². The fourth-order valence-corrected chi connectivity index (χ4v) is 1.49. The number of amides is 1. The second-order valence-electron chi connectivity index (χ2n) is 5.25. The van der Waals surface area contributed by atoms with Gasteiger partial charge in [-0.1, -0.05) is 33.1 Å². The molecule has 1 unspecified atom stereocenters. The normalized spacial score (nSPS) is 12.5. The van der Waals surface area contributed by atoms with Crippen LogP contribution in [0.25, 0.3) is 0 Å². The van der Waals surface area contributed by atoms with Crippen LogP contribution in [0.5, 0.6) is 0 Å². The maximum atomic E-state index is 11.5. The van der Waals surface area contributed by atoms with Gasteiger partial charge in [-0.05, 0) is 33.6 Å². The number of carbonyl (C=O) groups excluding carboxylic acids is 1. The molecule has 0 radical (unpaired) electrons. The molecule has 1 amide bonds. The minimum Gasteiger partial charge on any atom is -0.444 e. The molecule has 1 N–H and O–H groups in total. The highest BCUT2D eigenvalue weighted by Gasteiger charge is 2.18. The summed E-state index contributed by atoms with van der Waals surface area (Å²) in [5, 5.41) is 2.92. The highest BCUT2D eigenvalue weighted by atomic mass is 35.5. The van der Waals surface area contributed by atoms with Crippen molar-refractivity contribution in [3.05, 3.63) is 0 Å². The van der Waals surface area contributed by atoms with Gasteiger partial charge < -0.3 is 10.1 Å². The maximum Gasteiger partial charge on any atom is 0.407 e. The molecule has 4 heteroatoms. The van der Waals surface area contributed by atoms with Crippen LogP contribution in [0.15, 0.2) is 0 Å². The largest absolute Gasteiger partial charge is 0.444 e. The van der Waals surface area contributed by atoms with Gasteiger partial charge in [-0.15, -0.1) is 12.4 Å². The van der Waals surface area contributed by atoms with Gasteiger partial charge >= 0.3 is 6.09 Å². The predicted octanol–water partition coefficient (Wildman–Crippen LogP) is 4.29. The van der Waals surface area contributed by atoms with E-state index in [0.29, 0.717) is 0 Å². The SMILES string of the molecule is CCCCCC(CC)NC(=O)OC(C)(C)C.Cl. The predicted molar refractivity (Wildman–Crippen MR) is 74.8 cm³/mol. The van der Waals surface area contributed by atoms with Gasteiger partial charge in [0.25, 0.3) is 0 Å². The summed E-state index contributed by atoms with van der Waals surface area (Å²) in [6, 6.07) is 0.251. The van der Waals surface area contributed by atoms with Crippen LogP contribution in [0.1, 0.15) is 66.7 Å². The lowest BCUT2D eigenvalue weighted by Gasteiger charge is -2.23. The van der Waals surface area contributed by atoms with E-state index < -0.39 is 5.60 Å². The van der Waals surface area contributed by atoms with Crippen molar-refractivity contribution in [2.24, 2.45) is 0 Å². The Balaban J connectivity index is 0. The molecule has 0 aliphatic heterocycles. The van der Waals surface area contributed by atoms with Crippen molar-refractivity contribution in [1.82, 2.24) is 5.32 Å². The lowest BCUT2D eigenvalue weighted by molar-refractivity contribution is 0.0500. The van der Waals surface area contributed by atoms with Crippen LogP contribution in [0.4, 0.5) is 4.79 Å². The number of carbonyl (C=O) groups is 1. The van der Waals surface area contributed by atoms with Crippen molar-refractivity contribution in [3.8, 4) is 0 Å². The van der Waals surface area contributed by atoms with E-state index >= 15 is 0 Å². The number of hydrogen-bond donors (Lipinski definition) is 1. The molecule has 17 heavy (non-hydrogen) atoms. The zero-order valence-electron chi connectivity index (χ0n) is 11.8. The van der Waals surface area contributed by atoms with Crippen molar-refractivity contribution in [2.75, 3.05) is 0 Å². The van der Waals surface area contributed by atoms with Gasteiger partial charge in [0.2, 0.25) is 0 Å². The Labute approximate surface area is 112 Å². The summed E-state index contributed by atoms with van der Waals surface area (Å²) in [4.78, 5) is 11.5. The molecule has 1 atom stereocenters. The summed E-state index contributed by atoms with van der Waals surface area (Å²) >= 11 is 0. The molecule has 0 saturated carbocycles. The molecule has 0 saturated heterocycles. The van der Waals surface area contributed by atoms with Gasteiger partial charge in [0.15, 0.2) is 0 Å². The molecule has 0 aromatic carbocycles. The summed E-state index contributed by atoms with van der Waals surface area (Å²) in [6.07, 6.45) is 5.32. The number of unbranched alkanes of at least 4 members (excludes halogenated alkanes) is 2. The van der Waals surface area contributed by atoms with Crippen LogP contribution in [0.2, 0.25) is 0 Å². The second kappa shape index (κ2) is 9.58. The molecule has 0 spiro atoms. The molecule has 0 rings (SSSR count). The molecular weight excluding hydrogens is 238 g/mol. The van der Waals surface area contributed by atoms with E-state index in [2.05, 4.69) is 19.2 Å². The quantitative estimate of drug-likeness (QED) is 0.728. The lowest BCUT2D eigenvalue weighted by Crippen LogP contribution is -2.38. The van der Waals surface area contributed by atoms with Crippen molar-refractivity contribution in [1.29, 1.82) is 0 Å². The van der Waals surface area contributed by atoms with Gasteiger partial charge in [0, 0.05) is 6.04 Å². The van der Waals surface area contributed by atoms with E-state index in [0.717, 1.165) is 12.8 Å². The minimum atomic E-state index is -0.411. The van der Waals surface area contributed by atoms with Crippen LogP contribution < -0.4 is 5.32 Å². The highest BCUT2D eigenvalue weighted by molar-refractivity contribution is 5.85. The summed E-state index contributed by atoms with van der Waals surface area (Å²) in [5.41, 5.74) is -0.411. The Morgan fingerprint density at radius 1 is 1.24 bits per heavy atom. The van der Waals surface area contributed by atoms with Gasteiger partial charge in [-0.3, -0.25) is 0 Å². The number of hydrogen-bond acceptors (Lipinski definition) is 2. The van der Waals surface area contributed by atoms with Crippen molar-refractivity contribution < 1.29 is 9.53 Å². The van der Waals surface area contributed by atoms with Crippen LogP contribution in [0, 0.1) is 0 Å². The van der Waals surface area contributed by atoms with Crippen molar-refractivity contribution >= 4 is 18.5 Å². The summed E-state index contributed by atoms with van der Waals surface area (Å²) in [7, 11) is 0. The third kappa shape index (κ3) is 11.8. The number of nitrogens with one attached hydrogen (secondary N) is 1. The lowest BCUT2D eigenvalue weighted by atomic mass is 10.1. The molecule has 0 aromatic heterocycles. The number of alkyl carbamates (subject to hydrolysis) is 1. The number of ether oxygens (including phenoxy) is 1. The zero-order chi connectivity index (χ0) is 12.6. The van der Waals surface area contributed by atoms with Crippen molar-refractivity contribution in [3.63, 3.8) is 0 Å². The first kappa shape index (κ1) is 18.9. The first-order valence-electron chi connectivity index (χ1n) is 6.38. The zero-order valence-corrected chi connectivity index (χ0v) is 12.7. The standard InChI is InChI=1S/C13H27NO2.ClH/c1-6-8-9-10-11(7-2)14-12(15)16-13(3,4)5;/h11H,6-10H2,1-5H3,(H,14,15);1H. The van der Waals surface area contributed by atoms with Crippen LogP contribution in [0.3, 0.4) is 0 Å². The van der Waals surface area contributed by atoms with Crippen LogP contribution in [-0.2, 0) is 4.74 Å². The topological polar surface area (TPSA) is 38.3 Å². The molecule has 3 nitrogen and oxygen atoms in total. The fourth-order valence-electron chi connectivity index (χ4n) is 1.49. The Bertz CT molecular complexity index is 202. The number of rotatable bonds is 6. The van der Waals surface area contributed by atoms with Gasteiger partial charge in [0.05, 0.1) is 0 Å². The van der Waals surface area contributed by atoms with Gasteiger partial charge in [-0.25, -0.2) is 4.79 Å². The van der Waals surface area contributed by atoms with Gasteiger partial charge in [-0.2, -0.15) is 0 Å². The molecule has 0 heterocycles. The molecule has 0 aromatic rings. The average molecular weight is 266 g/mol. The third-order valence-corrected chi connectivity index (χ3v) is 2.37. The van der Waals surface area contributed by atoms with E-state index in [9.17, 15) is 4.79 Å². The molecule has 0 bridgehead atoms. The Hall–Kier alpha value is -0.440. The maximum absolute atomic E-state index is 11.5. The van der Waals surface area contributed by atoms with E-state index in [-0.39, 0.29) is 24.5 Å². The highest BCUT2D eigenvalue weighted by Crippen LogP contribution is 2.10. The molecule has 0 aliphatic rings. The molecule has 0 fully saturated rings. The van der Waals surface area contributed by atoms with Crippen molar-refractivity contribution in [2.45, 2.75) is 78.4 Å². The summed E-state index contributed by atoms with van der Waals surface area (Å²) in [6.45, 7) is 9.91. The second-order valence-corrected chi connectivity index (χ2v) is 5.25. The summed E-state index contributed by atoms with van der Waals surface area (Å²) < 4.78 is 5.23. The Kier molecular flexibility index (Phi) is 10.7. The van der Waals surface area contributed by atoms with Gasteiger partial charge in [0.1, 0.15) is 5.60 Å². The van der Waals surface area contributed by atoms with Crippen LogP contribution >= 0.6 is 12.4 Å². The smallest absolute Gasteiger partial charge is 0.407 e. The molecule has 104 valence electrons. The third-order valence-electron chi connectivity index (χ3n) is 2.37. The number of halogens is 1. The monoisotopic (exact) mass is 265 g/mol. The first-order chi connectivity index (χ1) is 7.39. The van der Waals surface area contributed by atoms with E-state index in [1.807, 2.05) is 20.8 Å². The van der Waals surface area contributed by atoms with E-state index in [1.165, 1.54) is 19.3 Å². The average Bonchev–Trinajstić information content (AvgIpc) is 2.13. The first-order valence-corrected chi connectivity index (χ1v) is 6.38.